The average Bonchev–Trinajstić information content (AvgIpc) is 2.39. The molecule has 5 heteroatoms. The molecule has 2 nitrogen and oxygen atoms in total. The lowest BCUT2D eigenvalue weighted by atomic mass is 10.0. The van der Waals surface area contributed by atoms with Crippen molar-refractivity contribution in [2.75, 3.05) is 10.7 Å². The normalized spacial score (nSPS) is 11.4. The van der Waals surface area contributed by atoms with Crippen LogP contribution in [0.15, 0.2) is 18.2 Å². The summed E-state index contributed by atoms with van der Waals surface area (Å²) in [4.78, 5) is 12.4. The first-order valence-electron chi connectivity index (χ1n) is 5.69. The summed E-state index contributed by atoms with van der Waals surface area (Å²) in [6.07, 6.45) is 0.873. The van der Waals surface area contributed by atoms with Crippen molar-refractivity contribution >= 4 is 60.4 Å². The maximum absolute atomic E-state index is 12.4. The molecular formula is C13H16Br2INO. The SMILES string of the molecule is CCC(CBr)(CBr)NC(=O)c1cccc(C)c1I. The van der Waals surface area contributed by atoms with E-state index < -0.39 is 0 Å². The number of carbonyl (C=O) groups excluding carboxylic acids is 1. The minimum atomic E-state index is -0.232. The summed E-state index contributed by atoms with van der Waals surface area (Å²) in [7, 11) is 0. The molecule has 0 saturated heterocycles. The summed E-state index contributed by atoms with van der Waals surface area (Å²) in [6, 6.07) is 5.80. The molecule has 0 aliphatic carbocycles. The molecule has 0 spiro atoms. The Morgan fingerprint density at radius 3 is 2.50 bits per heavy atom. The van der Waals surface area contributed by atoms with Gasteiger partial charge in [0.1, 0.15) is 0 Å². The van der Waals surface area contributed by atoms with Crippen molar-refractivity contribution in [3.8, 4) is 0 Å². The summed E-state index contributed by atoms with van der Waals surface area (Å²) >= 11 is 9.19. The van der Waals surface area contributed by atoms with Crippen molar-refractivity contribution < 1.29 is 4.79 Å². The molecule has 0 unspecified atom stereocenters. The van der Waals surface area contributed by atoms with Gasteiger partial charge in [-0.15, -0.1) is 0 Å². The monoisotopic (exact) mass is 487 g/mol. The molecule has 0 aromatic heterocycles. The summed E-state index contributed by atoms with van der Waals surface area (Å²) in [5.74, 6) is -0.0103. The lowest BCUT2D eigenvalue weighted by Crippen LogP contribution is -2.51. The van der Waals surface area contributed by atoms with E-state index in [1.54, 1.807) is 0 Å². The predicted molar refractivity (Wildman–Crippen MR) is 92.0 cm³/mol. The zero-order valence-corrected chi connectivity index (χ0v) is 15.7. The molecule has 0 radical (unpaired) electrons. The minimum Gasteiger partial charge on any atom is -0.345 e. The third-order valence-corrected chi connectivity index (χ3v) is 6.58. The number of benzene rings is 1. The largest absolute Gasteiger partial charge is 0.345 e. The van der Waals surface area contributed by atoms with Crippen LogP contribution >= 0.6 is 54.5 Å². The van der Waals surface area contributed by atoms with Crippen LogP contribution in [-0.2, 0) is 0 Å². The van der Waals surface area contributed by atoms with E-state index in [9.17, 15) is 4.79 Å². The van der Waals surface area contributed by atoms with Crippen molar-refractivity contribution in [1.82, 2.24) is 5.32 Å². The molecule has 0 fully saturated rings. The highest BCUT2D eigenvalue weighted by Crippen LogP contribution is 2.21. The molecule has 1 aromatic carbocycles. The fraction of sp³-hybridized carbons (Fsp3) is 0.462. The summed E-state index contributed by atoms with van der Waals surface area (Å²) in [5, 5.41) is 4.59. The van der Waals surface area contributed by atoms with E-state index >= 15 is 0 Å². The van der Waals surface area contributed by atoms with Gasteiger partial charge in [-0.2, -0.15) is 0 Å². The molecule has 1 N–H and O–H groups in total. The highest BCUT2D eigenvalue weighted by Gasteiger charge is 2.28. The Hall–Kier alpha value is 0.380. The van der Waals surface area contributed by atoms with Gasteiger partial charge in [-0.3, -0.25) is 4.79 Å². The Balaban J connectivity index is 2.98. The van der Waals surface area contributed by atoms with E-state index in [1.165, 1.54) is 0 Å². The van der Waals surface area contributed by atoms with Gasteiger partial charge in [-0.25, -0.2) is 0 Å². The second-order valence-electron chi connectivity index (χ2n) is 4.29. The number of carbonyl (C=O) groups is 1. The van der Waals surface area contributed by atoms with Gasteiger partial charge in [0.25, 0.3) is 5.91 Å². The van der Waals surface area contributed by atoms with E-state index in [0.717, 1.165) is 31.8 Å². The van der Waals surface area contributed by atoms with Gasteiger partial charge in [-0.1, -0.05) is 50.9 Å². The maximum Gasteiger partial charge on any atom is 0.252 e. The van der Waals surface area contributed by atoms with E-state index in [0.29, 0.717) is 0 Å². The third-order valence-electron chi connectivity index (χ3n) is 3.00. The molecule has 0 heterocycles. The fourth-order valence-electron chi connectivity index (χ4n) is 1.51. The van der Waals surface area contributed by atoms with Crippen LogP contribution in [0.3, 0.4) is 0 Å². The lowest BCUT2D eigenvalue weighted by molar-refractivity contribution is 0.0914. The molecule has 18 heavy (non-hydrogen) atoms. The molecule has 100 valence electrons. The van der Waals surface area contributed by atoms with Gasteiger partial charge in [0.05, 0.1) is 11.1 Å². The minimum absolute atomic E-state index is 0.0103. The number of hydrogen-bond acceptors (Lipinski definition) is 1. The summed E-state index contributed by atoms with van der Waals surface area (Å²) < 4.78 is 1.02. The van der Waals surface area contributed by atoms with Gasteiger partial charge < -0.3 is 5.32 Å². The third kappa shape index (κ3) is 3.70. The number of hydrogen-bond donors (Lipinski definition) is 1. The van der Waals surface area contributed by atoms with Gasteiger partial charge in [0.2, 0.25) is 0 Å². The first-order valence-corrected chi connectivity index (χ1v) is 9.01. The summed E-state index contributed by atoms with van der Waals surface area (Å²) in [6.45, 7) is 4.09. The second kappa shape index (κ2) is 7.24. The molecule has 0 bridgehead atoms. The summed E-state index contributed by atoms with van der Waals surface area (Å²) in [5.41, 5.74) is 1.64. The molecule has 0 aliphatic rings. The number of amides is 1. The Morgan fingerprint density at radius 1 is 1.39 bits per heavy atom. The van der Waals surface area contributed by atoms with Gasteiger partial charge in [0.15, 0.2) is 0 Å². The van der Waals surface area contributed by atoms with Crippen LogP contribution in [0.2, 0.25) is 0 Å². The van der Waals surface area contributed by atoms with Crippen LogP contribution in [0.1, 0.15) is 29.3 Å². The van der Waals surface area contributed by atoms with E-state index in [-0.39, 0.29) is 11.4 Å². The maximum atomic E-state index is 12.4. The smallest absolute Gasteiger partial charge is 0.252 e. The van der Waals surface area contributed by atoms with Crippen molar-refractivity contribution in [3.05, 3.63) is 32.9 Å². The van der Waals surface area contributed by atoms with Crippen LogP contribution in [0, 0.1) is 10.5 Å². The fourth-order valence-corrected chi connectivity index (χ4v) is 4.12. The van der Waals surface area contributed by atoms with Crippen LogP contribution < -0.4 is 5.32 Å². The second-order valence-corrected chi connectivity index (χ2v) is 6.49. The molecular weight excluding hydrogens is 473 g/mol. The van der Waals surface area contributed by atoms with E-state index in [1.807, 2.05) is 25.1 Å². The zero-order valence-electron chi connectivity index (χ0n) is 10.4. The number of rotatable bonds is 5. The quantitative estimate of drug-likeness (QED) is 0.487. The van der Waals surface area contributed by atoms with Crippen LogP contribution in [-0.4, -0.2) is 22.1 Å². The van der Waals surface area contributed by atoms with Gasteiger partial charge >= 0.3 is 0 Å². The molecule has 0 atom stereocenters. The number of alkyl halides is 2. The lowest BCUT2D eigenvalue weighted by Gasteiger charge is -2.30. The Kier molecular flexibility index (Phi) is 6.61. The predicted octanol–water partition coefficient (Wildman–Crippen LogP) is 4.27. The first kappa shape index (κ1) is 16.4. The molecule has 0 aliphatic heterocycles. The molecule has 1 rings (SSSR count). The first-order chi connectivity index (χ1) is 8.49. The van der Waals surface area contributed by atoms with Crippen LogP contribution in [0.5, 0.6) is 0 Å². The van der Waals surface area contributed by atoms with Crippen molar-refractivity contribution in [3.63, 3.8) is 0 Å². The number of halogens is 3. The van der Waals surface area contributed by atoms with E-state index in [4.69, 9.17) is 0 Å². The average molecular weight is 489 g/mol. The van der Waals surface area contributed by atoms with Crippen molar-refractivity contribution in [2.24, 2.45) is 0 Å². The Bertz CT molecular complexity index is 425. The van der Waals surface area contributed by atoms with Crippen molar-refractivity contribution in [1.29, 1.82) is 0 Å². The van der Waals surface area contributed by atoms with Crippen molar-refractivity contribution in [2.45, 2.75) is 25.8 Å². The highest BCUT2D eigenvalue weighted by molar-refractivity contribution is 14.1. The Labute approximate surface area is 139 Å². The molecule has 1 amide bonds. The molecule has 1 aromatic rings. The standard InChI is InChI=1S/C13H16Br2INO/c1-3-13(7-14,8-15)17-12(18)10-6-4-5-9(2)11(10)16/h4-6H,3,7-8H2,1-2H3,(H,17,18). The van der Waals surface area contributed by atoms with Crippen LogP contribution in [0.4, 0.5) is 0 Å². The van der Waals surface area contributed by atoms with E-state index in [2.05, 4.69) is 66.7 Å². The Morgan fingerprint density at radius 2 is 2.00 bits per heavy atom. The number of nitrogens with one attached hydrogen (secondary N) is 1. The zero-order chi connectivity index (χ0) is 13.8. The molecule has 0 saturated carbocycles. The topological polar surface area (TPSA) is 29.1 Å². The highest BCUT2D eigenvalue weighted by atomic mass is 127. The van der Waals surface area contributed by atoms with Crippen LogP contribution in [0.25, 0.3) is 0 Å². The van der Waals surface area contributed by atoms with Gasteiger partial charge in [0, 0.05) is 14.2 Å². The number of aryl methyl sites for hydroxylation is 1. The van der Waals surface area contributed by atoms with Gasteiger partial charge in [-0.05, 0) is 47.6 Å².